The second kappa shape index (κ2) is 5.83. The number of benzene rings is 1. The molecule has 1 amide bonds. The zero-order chi connectivity index (χ0) is 14.8. The number of hydrogen-bond acceptors (Lipinski definition) is 2. The maximum atomic E-state index is 12.6. The molecule has 2 rings (SSSR count). The van der Waals surface area contributed by atoms with Crippen LogP contribution < -0.4 is 5.32 Å². The monoisotopic (exact) mass is 287 g/mol. The van der Waals surface area contributed by atoms with Crippen molar-refractivity contribution in [2.45, 2.75) is 44.0 Å². The molecule has 110 valence electrons. The molecule has 20 heavy (non-hydrogen) atoms. The highest BCUT2D eigenvalue weighted by molar-refractivity contribution is 5.94. The number of alkyl halides is 3. The highest BCUT2D eigenvalue weighted by Crippen LogP contribution is 2.29. The number of hydrogen-bond donors (Lipinski definition) is 2. The molecule has 2 atom stereocenters. The maximum absolute atomic E-state index is 12.6. The zero-order valence-corrected chi connectivity index (χ0v) is 10.8. The smallest absolute Gasteiger partial charge is 0.391 e. The lowest BCUT2D eigenvalue weighted by atomic mass is 9.92. The summed E-state index contributed by atoms with van der Waals surface area (Å²) in [7, 11) is 0. The molecule has 0 heterocycles. The molecule has 0 saturated heterocycles. The lowest BCUT2D eigenvalue weighted by molar-refractivity contribution is -0.137. The van der Waals surface area contributed by atoms with E-state index in [4.69, 9.17) is 0 Å². The van der Waals surface area contributed by atoms with E-state index in [-0.39, 0.29) is 11.6 Å². The van der Waals surface area contributed by atoms with Crippen molar-refractivity contribution in [3.05, 3.63) is 35.4 Å². The molecule has 1 aliphatic rings. The van der Waals surface area contributed by atoms with Crippen LogP contribution >= 0.6 is 0 Å². The minimum Gasteiger partial charge on any atom is -0.391 e. The van der Waals surface area contributed by atoms with Crippen molar-refractivity contribution < 1.29 is 23.1 Å². The minimum absolute atomic E-state index is 0.0439. The Morgan fingerprint density at radius 1 is 1.25 bits per heavy atom. The van der Waals surface area contributed by atoms with Crippen LogP contribution in [0.25, 0.3) is 0 Å². The van der Waals surface area contributed by atoms with Crippen LogP contribution in [-0.4, -0.2) is 23.2 Å². The Bertz CT molecular complexity index is 488. The Kier molecular flexibility index (Phi) is 4.32. The van der Waals surface area contributed by atoms with Gasteiger partial charge in [0.2, 0.25) is 0 Å². The highest BCUT2D eigenvalue weighted by Gasteiger charge is 2.31. The first kappa shape index (κ1) is 14.8. The third-order valence-corrected chi connectivity index (χ3v) is 3.50. The molecular weight excluding hydrogens is 271 g/mol. The van der Waals surface area contributed by atoms with Crippen molar-refractivity contribution in [3.63, 3.8) is 0 Å². The van der Waals surface area contributed by atoms with Crippen LogP contribution in [0.15, 0.2) is 24.3 Å². The standard InChI is InChI=1S/C14H16F3NO2/c15-14(16,17)10-5-3-4-9(8-10)13(20)18-11-6-1-2-7-12(11)19/h3-5,8,11-12,19H,1-2,6-7H2,(H,18,20)/t11-,12-/m1/s1. The minimum atomic E-state index is -4.47. The van der Waals surface area contributed by atoms with Gasteiger partial charge >= 0.3 is 6.18 Å². The summed E-state index contributed by atoms with van der Waals surface area (Å²) in [5.74, 6) is -0.581. The van der Waals surface area contributed by atoms with Gasteiger partial charge in [-0.25, -0.2) is 0 Å². The predicted molar refractivity (Wildman–Crippen MR) is 67.2 cm³/mol. The second-order valence-corrected chi connectivity index (χ2v) is 5.01. The van der Waals surface area contributed by atoms with E-state index in [9.17, 15) is 23.1 Å². The lowest BCUT2D eigenvalue weighted by Crippen LogP contribution is -2.45. The third-order valence-electron chi connectivity index (χ3n) is 3.50. The van der Waals surface area contributed by atoms with Gasteiger partial charge in [0.05, 0.1) is 17.7 Å². The number of rotatable bonds is 2. The van der Waals surface area contributed by atoms with Gasteiger partial charge in [0.25, 0.3) is 5.91 Å². The van der Waals surface area contributed by atoms with Crippen molar-refractivity contribution in [1.82, 2.24) is 5.32 Å². The number of aliphatic hydroxyl groups is 1. The van der Waals surface area contributed by atoms with E-state index in [2.05, 4.69) is 5.32 Å². The Hall–Kier alpha value is -1.56. The van der Waals surface area contributed by atoms with Gasteiger partial charge in [-0.05, 0) is 31.0 Å². The molecule has 0 unspecified atom stereocenters. The van der Waals surface area contributed by atoms with E-state index in [1.165, 1.54) is 12.1 Å². The summed E-state index contributed by atoms with van der Waals surface area (Å²) in [6, 6.07) is 3.90. The van der Waals surface area contributed by atoms with Crippen molar-refractivity contribution in [2.75, 3.05) is 0 Å². The second-order valence-electron chi connectivity index (χ2n) is 5.01. The number of nitrogens with one attached hydrogen (secondary N) is 1. The van der Waals surface area contributed by atoms with E-state index >= 15 is 0 Å². The summed E-state index contributed by atoms with van der Waals surface area (Å²) >= 11 is 0. The quantitative estimate of drug-likeness (QED) is 0.878. The largest absolute Gasteiger partial charge is 0.416 e. The fourth-order valence-corrected chi connectivity index (χ4v) is 2.37. The average Bonchev–Trinajstić information content (AvgIpc) is 2.40. The highest BCUT2D eigenvalue weighted by atomic mass is 19.4. The van der Waals surface area contributed by atoms with Crippen LogP contribution in [0.5, 0.6) is 0 Å². The molecule has 0 spiro atoms. The molecule has 1 aromatic carbocycles. The van der Waals surface area contributed by atoms with Gasteiger partial charge < -0.3 is 10.4 Å². The molecule has 1 fully saturated rings. The van der Waals surface area contributed by atoms with E-state index < -0.39 is 23.8 Å². The van der Waals surface area contributed by atoms with Gasteiger partial charge in [-0.3, -0.25) is 4.79 Å². The topological polar surface area (TPSA) is 49.3 Å². The number of halogens is 3. The summed E-state index contributed by atoms with van der Waals surface area (Å²) in [6.07, 6.45) is -2.06. The maximum Gasteiger partial charge on any atom is 0.416 e. The van der Waals surface area contributed by atoms with Gasteiger partial charge in [-0.2, -0.15) is 13.2 Å². The number of carbonyl (C=O) groups excluding carboxylic acids is 1. The molecule has 1 aromatic rings. The molecule has 1 aliphatic carbocycles. The van der Waals surface area contributed by atoms with Crippen molar-refractivity contribution in [3.8, 4) is 0 Å². The number of carbonyl (C=O) groups is 1. The number of amides is 1. The Morgan fingerprint density at radius 3 is 2.60 bits per heavy atom. The van der Waals surface area contributed by atoms with Crippen LogP contribution in [0.4, 0.5) is 13.2 Å². The van der Waals surface area contributed by atoms with Gasteiger partial charge in [0, 0.05) is 5.56 Å². The first-order valence-corrected chi connectivity index (χ1v) is 6.54. The first-order valence-electron chi connectivity index (χ1n) is 6.54. The van der Waals surface area contributed by atoms with Crippen LogP contribution in [-0.2, 0) is 6.18 Å². The summed E-state index contributed by atoms with van der Waals surface area (Å²) in [5, 5.41) is 12.4. The van der Waals surface area contributed by atoms with Gasteiger partial charge in [-0.15, -0.1) is 0 Å². The molecule has 0 aromatic heterocycles. The van der Waals surface area contributed by atoms with Crippen LogP contribution in [0, 0.1) is 0 Å². The molecule has 1 saturated carbocycles. The van der Waals surface area contributed by atoms with E-state index in [0.29, 0.717) is 12.8 Å². The van der Waals surface area contributed by atoms with Crippen LogP contribution in [0.3, 0.4) is 0 Å². The molecule has 0 aliphatic heterocycles. The Morgan fingerprint density at radius 2 is 1.95 bits per heavy atom. The molecule has 6 heteroatoms. The fraction of sp³-hybridized carbons (Fsp3) is 0.500. The summed E-state index contributed by atoms with van der Waals surface area (Å²) in [6.45, 7) is 0. The third kappa shape index (κ3) is 3.50. The van der Waals surface area contributed by atoms with E-state index in [1.807, 2.05) is 0 Å². The Labute approximate surface area is 114 Å². The Balaban J connectivity index is 2.09. The average molecular weight is 287 g/mol. The van der Waals surface area contributed by atoms with Crippen molar-refractivity contribution in [1.29, 1.82) is 0 Å². The summed E-state index contributed by atoms with van der Waals surface area (Å²) in [4.78, 5) is 11.9. The summed E-state index contributed by atoms with van der Waals surface area (Å²) in [5.41, 5.74) is -0.896. The lowest BCUT2D eigenvalue weighted by Gasteiger charge is -2.28. The normalized spacial score (nSPS) is 23.4. The molecule has 2 N–H and O–H groups in total. The SMILES string of the molecule is O=C(N[C@@H]1CCCC[C@H]1O)c1cccc(C(F)(F)F)c1. The molecular formula is C14H16F3NO2. The summed E-state index contributed by atoms with van der Waals surface area (Å²) < 4.78 is 37.7. The zero-order valence-electron chi connectivity index (χ0n) is 10.8. The van der Waals surface area contributed by atoms with Gasteiger partial charge in [0.1, 0.15) is 0 Å². The fourth-order valence-electron chi connectivity index (χ4n) is 2.37. The molecule has 0 bridgehead atoms. The predicted octanol–water partition coefficient (Wildman–Crippen LogP) is 2.74. The van der Waals surface area contributed by atoms with Crippen LogP contribution in [0.1, 0.15) is 41.6 Å². The van der Waals surface area contributed by atoms with Gasteiger partial charge in [-0.1, -0.05) is 18.9 Å². The molecule has 0 radical (unpaired) electrons. The number of aliphatic hydroxyl groups excluding tert-OH is 1. The van der Waals surface area contributed by atoms with Crippen molar-refractivity contribution in [2.24, 2.45) is 0 Å². The first-order chi connectivity index (χ1) is 9.38. The van der Waals surface area contributed by atoms with Crippen LogP contribution in [0.2, 0.25) is 0 Å². The van der Waals surface area contributed by atoms with E-state index in [0.717, 1.165) is 25.0 Å². The molecule has 3 nitrogen and oxygen atoms in total. The van der Waals surface area contributed by atoms with E-state index in [1.54, 1.807) is 0 Å². The van der Waals surface area contributed by atoms with Crippen molar-refractivity contribution >= 4 is 5.91 Å². The van der Waals surface area contributed by atoms with Gasteiger partial charge in [0.15, 0.2) is 0 Å².